The molecular formula is C11H12N2O2. The molecule has 0 aliphatic heterocycles. The summed E-state index contributed by atoms with van der Waals surface area (Å²) in [6.45, 7) is 0. The maximum absolute atomic E-state index is 10.6. The number of carbonyl (C=O) groups is 1. The maximum Gasteiger partial charge on any atom is 0.427 e. The molecule has 1 aromatic carbocycles. The van der Waals surface area contributed by atoms with E-state index < -0.39 is 6.09 Å². The molecule has 1 amide bonds. The Morgan fingerprint density at radius 2 is 2.13 bits per heavy atom. The summed E-state index contributed by atoms with van der Waals surface area (Å²) in [4.78, 5) is 10.6. The van der Waals surface area contributed by atoms with Gasteiger partial charge in [-0.1, -0.05) is 24.3 Å². The van der Waals surface area contributed by atoms with E-state index >= 15 is 0 Å². The van der Waals surface area contributed by atoms with Gasteiger partial charge in [0.25, 0.3) is 0 Å². The van der Waals surface area contributed by atoms with Crippen molar-refractivity contribution in [1.82, 2.24) is 5.01 Å². The van der Waals surface area contributed by atoms with Crippen LogP contribution in [0.25, 0.3) is 0 Å². The van der Waals surface area contributed by atoms with Crippen LogP contribution in [0, 0.1) is 0 Å². The van der Waals surface area contributed by atoms with Gasteiger partial charge in [-0.25, -0.2) is 9.80 Å². The van der Waals surface area contributed by atoms with E-state index in [1.807, 2.05) is 18.2 Å². The molecule has 15 heavy (non-hydrogen) atoms. The van der Waals surface area contributed by atoms with Gasteiger partial charge in [-0.2, -0.15) is 5.10 Å². The Hall–Kier alpha value is -1.84. The summed E-state index contributed by atoms with van der Waals surface area (Å²) >= 11 is 0. The lowest BCUT2D eigenvalue weighted by molar-refractivity contribution is 0.157. The zero-order valence-corrected chi connectivity index (χ0v) is 8.47. The standard InChI is InChI=1S/C11H12N2O2/c1-13(11(14)15)12-10-7-6-8-4-2-3-5-9(8)10/h2-5H,6-7H2,1H3,(H,14,15). The molecule has 78 valence electrons. The van der Waals surface area contributed by atoms with Crippen LogP contribution in [0.15, 0.2) is 29.4 Å². The lowest BCUT2D eigenvalue weighted by atomic mass is 10.1. The first-order valence-corrected chi connectivity index (χ1v) is 4.81. The second-order valence-corrected chi connectivity index (χ2v) is 3.51. The molecule has 0 spiro atoms. The fraction of sp³-hybridized carbons (Fsp3) is 0.273. The number of hydrogen-bond acceptors (Lipinski definition) is 2. The zero-order valence-electron chi connectivity index (χ0n) is 8.47. The molecular weight excluding hydrogens is 192 g/mol. The van der Waals surface area contributed by atoms with Crippen LogP contribution in [0.3, 0.4) is 0 Å². The molecule has 2 rings (SSSR count). The lowest BCUT2D eigenvalue weighted by Crippen LogP contribution is -2.20. The first kappa shape index (κ1) is 9.71. The minimum atomic E-state index is -1.04. The van der Waals surface area contributed by atoms with Gasteiger partial charge in [-0.15, -0.1) is 0 Å². The number of fused-ring (bicyclic) bond motifs is 1. The highest BCUT2D eigenvalue weighted by molar-refractivity contribution is 6.04. The lowest BCUT2D eigenvalue weighted by Gasteiger charge is -2.07. The van der Waals surface area contributed by atoms with E-state index in [0.29, 0.717) is 0 Å². The fourth-order valence-electron chi connectivity index (χ4n) is 1.74. The van der Waals surface area contributed by atoms with Crippen molar-refractivity contribution in [3.63, 3.8) is 0 Å². The molecule has 1 aromatic rings. The van der Waals surface area contributed by atoms with Crippen LogP contribution in [0.2, 0.25) is 0 Å². The van der Waals surface area contributed by atoms with Crippen molar-refractivity contribution in [2.75, 3.05) is 7.05 Å². The molecule has 0 radical (unpaired) electrons. The second-order valence-electron chi connectivity index (χ2n) is 3.51. The summed E-state index contributed by atoms with van der Waals surface area (Å²) in [5.41, 5.74) is 3.18. The van der Waals surface area contributed by atoms with Crippen molar-refractivity contribution in [3.05, 3.63) is 35.4 Å². The van der Waals surface area contributed by atoms with Crippen molar-refractivity contribution in [3.8, 4) is 0 Å². The van der Waals surface area contributed by atoms with Crippen LogP contribution in [0.1, 0.15) is 17.5 Å². The van der Waals surface area contributed by atoms with Gasteiger partial charge in [0.1, 0.15) is 0 Å². The molecule has 0 heterocycles. The minimum absolute atomic E-state index is 0.816. The molecule has 0 fully saturated rings. The van der Waals surface area contributed by atoms with E-state index in [9.17, 15) is 4.79 Å². The van der Waals surface area contributed by atoms with Gasteiger partial charge in [-0.05, 0) is 18.4 Å². The number of rotatable bonds is 1. The molecule has 1 aliphatic rings. The first-order valence-electron chi connectivity index (χ1n) is 4.81. The minimum Gasteiger partial charge on any atom is -0.464 e. The fourth-order valence-corrected chi connectivity index (χ4v) is 1.74. The normalized spacial score (nSPS) is 16.5. The third-order valence-electron chi connectivity index (χ3n) is 2.51. The van der Waals surface area contributed by atoms with Crippen LogP contribution < -0.4 is 0 Å². The summed E-state index contributed by atoms with van der Waals surface area (Å²) in [5, 5.41) is 13.7. The highest BCUT2D eigenvalue weighted by atomic mass is 16.4. The van der Waals surface area contributed by atoms with Crippen LogP contribution in [-0.2, 0) is 6.42 Å². The SMILES string of the molecule is CN(N=C1CCc2ccccc21)C(=O)O. The number of aryl methyl sites for hydroxylation is 1. The number of hydrogen-bond donors (Lipinski definition) is 1. The maximum atomic E-state index is 10.6. The number of amides is 1. The Bertz CT molecular complexity index is 426. The Labute approximate surface area is 87.8 Å². The smallest absolute Gasteiger partial charge is 0.427 e. The average Bonchev–Trinajstić information content (AvgIpc) is 2.62. The molecule has 0 aromatic heterocycles. The van der Waals surface area contributed by atoms with E-state index in [4.69, 9.17) is 5.11 Å². The van der Waals surface area contributed by atoms with Gasteiger partial charge in [-0.3, -0.25) is 0 Å². The average molecular weight is 204 g/mol. The number of nitrogens with zero attached hydrogens (tertiary/aromatic N) is 2. The third-order valence-corrected chi connectivity index (χ3v) is 2.51. The quantitative estimate of drug-likeness (QED) is 0.711. The Morgan fingerprint density at radius 3 is 2.87 bits per heavy atom. The van der Waals surface area contributed by atoms with Crippen LogP contribution >= 0.6 is 0 Å². The molecule has 0 unspecified atom stereocenters. The van der Waals surface area contributed by atoms with Crippen molar-refractivity contribution < 1.29 is 9.90 Å². The van der Waals surface area contributed by atoms with Crippen LogP contribution in [-0.4, -0.2) is 29.0 Å². The monoisotopic (exact) mass is 204 g/mol. The predicted molar refractivity (Wildman–Crippen MR) is 57.1 cm³/mol. The van der Waals surface area contributed by atoms with Crippen molar-refractivity contribution in [2.45, 2.75) is 12.8 Å². The summed E-state index contributed by atoms with van der Waals surface area (Å²) < 4.78 is 0. The second kappa shape index (κ2) is 3.73. The summed E-state index contributed by atoms with van der Waals surface area (Å²) in [6, 6.07) is 7.97. The van der Waals surface area contributed by atoms with Gasteiger partial charge in [0.05, 0.1) is 5.71 Å². The molecule has 1 aliphatic carbocycles. The Kier molecular flexibility index (Phi) is 2.41. The van der Waals surface area contributed by atoms with Gasteiger partial charge >= 0.3 is 6.09 Å². The van der Waals surface area contributed by atoms with Crippen molar-refractivity contribution in [2.24, 2.45) is 5.10 Å². The molecule has 1 N–H and O–H groups in total. The van der Waals surface area contributed by atoms with Crippen LogP contribution in [0.5, 0.6) is 0 Å². The highest BCUT2D eigenvalue weighted by Crippen LogP contribution is 2.22. The molecule has 4 heteroatoms. The summed E-state index contributed by atoms with van der Waals surface area (Å²) in [5.74, 6) is 0. The van der Waals surface area contributed by atoms with Crippen LogP contribution in [0.4, 0.5) is 4.79 Å². The first-order chi connectivity index (χ1) is 7.18. The Morgan fingerprint density at radius 1 is 1.40 bits per heavy atom. The predicted octanol–water partition coefficient (Wildman–Crippen LogP) is 1.95. The molecule has 0 saturated carbocycles. The zero-order chi connectivity index (χ0) is 10.8. The number of hydrazone groups is 1. The number of benzene rings is 1. The van der Waals surface area contributed by atoms with Crippen molar-refractivity contribution >= 4 is 11.8 Å². The van der Waals surface area contributed by atoms with Crippen molar-refractivity contribution in [1.29, 1.82) is 0 Å². The molecule has 4 nitrogen and oxygen atoms in total. The Balaban J connectivity index is 2.31. The topological polar surface area (TPSA) is 52.9 Å². The van der Waals surface area contributed by atoms with E-state index in [0.717, 1.165) is 29.1 Å². The van der Waals surface area contributed by atoms with Gasteiger partial charge in [0, 0.05) is 12.6 Å². The molecule has 0 atom stereocenters. The third kappa shape index (κ3) is 1.83. The van der Waals surface area contributed by atoms with E-state index in [2.05, 4.69) is 11.2 Å². The largest absolute Gasteiger partial charge is 0.464 e. The van der Waals surface area contributed by atoms with E-state index in [1.165, 1.54) is 12.6 Å². The van der Waals surface area contributed by atoms with Gasteiger partial charge in [0.2, 0.25) is 0 Å². The molecule has 0 saturated heterocycles. The van der Waals surface area contributed by atoms with Gasteiger partial charge in [0.15, 0.2) is 0 Å². The van der Waals surface area contributed by atoms with E-state index in [-0.39, 0.29) is 0 Å². The number of carboxylic acid groups (broad SMARTS) is 1. The summed E-state index contributed by atoms with van der Waals surface area (Å²) in [6.07, 6.45) is 0.728. The van der Waals surface area contributed by atoms with E-state index in [1.54, 1.807) is 0 Å². The summed E-state index contributed by atoms with van der Waals surface area (Å²) in [7, 11) is 1.44. The van der Waals surface area contributed by atoms with Gasteiger partial charge < -0.3 is 5.11 Å². The molecule has 0 bridgehead atoms. The highest BCUT2D eigenvalue weighted by Gasteiger charge is 2.18.